The van der Waals surface area contributed by atoms with E-state index < -0.39 is 5.60 Å². The number of rotatable bonds is 4. The van der Waals surface area contributed by atoms with Crippen LogP contribution in [0, 0.1) is 5.92 Å². The summed E-state index contributed by atoms with van der Waals surface area (Å²) >= 11 is 0. The molecule has 1 fully saturated rings. The van der Waals surface area contributed by atoms with E-state index in [1.54, 1.807) is 0 Å². The van der Waals surface area contributed by atoms with Crippen LogP contribution in [0.25, 0.3) is 0 Å². The fraction of sp³-hybridized carbons (Fsp3) is 0.625. The average Bonchev–Trinajstić information content (AvgIpc) is 2.41. The van der Waals surface area contributed by atoms with Crippen molar-refractivity contribution in [1.82, 2.24) is 5.32 Å². The summed E-state index contributed by atoms with van der Waals surface area (Å²) in [7, 11) is 0. The first-order valence-corrected chi connectivity index (χ1v) is 7.10. The van der Waals surface area contributed by atoms with Crippen molar-refractivity contribution in [3.8, 4) is 0 Å². The summed E-state index contributed by atoms with van der Waals surface area (Å²) in [5, 5.41) is 14.0. The van der Waals surface area contributed by atoms with Crippen LogP contribution in [0.4, 0.5) is 0 Å². The molecule has 1 atom stereocenters. The molecule has 1 aromatic rings. The number of nitrogens with one attached hydrogen (secondary N) is 1. The monoisotopic (exact) mass is 247 g/mol. The highest BCUT2D eigenvalue weighted by molar-refractivity contribution is 5.18. The van der Waals surface area contributed by atoms with E-state index in [1.807, 2.05) is 6.07 Å². The minimum absolute atomic E-state index is 0.301. The van der Waals surface area contributed by atoms with Gasteiger partial charge in [-0.15, -0.1) is 0 Å². The highest BCUT2D eigenvalue weighted by atomic mass is 16.3. The molecular formula is C16H25NO. The second kappa shape index (κ2) is 5.85. The van der Waals surface area contributed by atoms with Crippen LogP contribution >= 0.6 is 0 Å². The highest BCUT2D eigenvalue weighted by Crippen LogP contribution is 2.31. The molecule has 100 valence electrons. The molecule has 1 aromatic carbocycles. The van der Waals surface area contributed by atoms with Gasteiger partial charge in [0, 0.05) is 12.6 Å². The Balaban J connectivity index is 1.84. The SMILES string of the molecule is CC1CCC(O)(CNC(C)c2ccccc2)CC1. The van der Waals surface area contributed by atoms with E-state index in [2.05, 4.69) is 43.4 Å². The molecule has 2 nitrogen and oxygen atoms in total. The van der Waals surface area contributed by atoms with E-state index in [4.69, 9.17) is 0 Å². The molecule has 0 heterocycles. The van der Waals surface area contributed by atoms with Gasteiger partial charge < -0.3 is 10.4 Å². The maximum Gasteiger partial charge on any atom is 0.0772 e. The van der Waals surface area contributed by atoms with Crippen molar-refractivity contribution < 1.29 is 5.11 Å². The topological polar surface area (TPSA) is 32.3 Å². The Morgan fingerprint density at radius 2 is 1.89 bits per heavy atom. The van der Waals surface area contributed by atoms with Crippen molar-refractivity contribution in [2.45, 2.75) is 51.2 Å². The minimum Gasteiger partial charge on any atom is -0.389 e. The molecule has 0 bridgehead atoms. The Labute approximate surface area is 110 Å². The summed E-state index contributed by atoms with van der Waals surface area (Å²) in [6.07, 6.45) is 4.17. The fourth-order valence-electron chi connectivity index (χ4n) is 2.68. The maximum absolute atomic E-state index is 10.5. The molecule has 2 heteroatoms. The molecule has 0 aromatic heterocycles. The van der Waals surface area contributed by atoms with Crippen LogP contribution in [0.3, 0.4) is 0 Å². The first-order chi connectivity index (χ1) is 8.59. The predicted molar refractivity (Wildman–Crippen MR) is 75.4 cm³/mol. The Morgan fingerprint density at radius 3 is 2.50 bits per heavy atom. The molecule has 0 amide bonds. The lowest BCUT2D eigenvalue weighted by Crippen LogP contribution is -2.44. The summed E-state index contributed by atoms with van der Waals surface area (Å²) in [5.74, 6) is 0.775. The average molecular weight is 247 g/mol. The zero-order valence-corrected chi connectivity index (χ0v) is 11.5. The zero-order chi connectivity index (χ0) is 13.0. The third-order valence-electron chi connectivity index (χ3n) is 4.24. The number of aliphatic hydroxyl groups is 1. The molecule has 1 unspecified atom stereocenters. The van der Waals surface area contributed by atoms with Crippen LogP contribution in [0.5, 0.6) is 0 Å². The first kappa shape index (κ1) is 13.6. The highest BCUT2D eigenvalue weighted by Gasteiger charge is 2.31. The second-order valence-corrected chi connectivity index (χ2v) is 5.92. The van der Waals surface area contributed by atoms with Gasteiger partial charge in [-0.1, -0.05) is 37.3 Å². The van der Waals surface area contributed by atoms with Gasteiger partial charge in [-0.2, -0.15) is 0 Å². The Hall–Kier alpha value is -0.860. The molecular weight excluding hydrogens is 222 g/mol. The largest absolute Gasteiger partial charge is 0.389 e. The predicted octanol–water partition coefficient (Wildman–Crippen LogP) is 3.28. The third kappa shape index (κ3) is 3.56. The number of hydrogen-bond donors (Lipinski definition) is 2. The van der Waals surface area contributed by atoms with E-state index in [1.165, 1.54) is 5.56 Å². The zero-order valence-electron chi connectivity index (χ0n) is 11.5. The fourth-order valence-corrected chi connectivity index (χ4v) is 2.68. The van der Waals surface area contributed by atoms with E-state index in [0.717, 1.165) is 31.6 Å². The van der Waals surface area contributed by atoms with E-state index >= 15 is 0 Å². The van der Waals surface area contributed by atoms with Crippen molar-refractivity contribution in [3.63, 3.8) is 0 Å². The summed E-state index contributed by atoms with van der Waals surface area (Å²) in [5.41, 5.74) is 0.792. The van der Waals surface area contributed by atoms with E-state index in [-0.39, 0.29) is 0 Å². The smallest absolute Gasteiger partial charge is 0.0772 e. The van der Waals surface area contributed by atoms with Crippen molar-refractivity contribution in [3.05, 3.63) is 35.9 Å². The standard InChI is InChI=1S/C16H25NO/c1-13-8-10-16(18,11-9-13)12-17-14(2)15-6-4-3-5-7-15/h3-7,13-14,17-18H,8-12H2,1-2H3. The molecule has 0 saturated heterocycles. The quantitative estimate of drug-likeness (QED) is 0.856. The molecule has 0 radical (unpaired) electrons. The van der Waals surface area contributed by atoms with Crippen LogP contribution in [0.2, 0.25) is 0 Å². The van der Waals surface area contributed by atoms with Gasteiger partial charge in [0.2, 0.25) is 0 Å². The van der Waals surface area contributed by atoms with Gasteiger partial charge in [-0.05, 0) is 44.1 Å². The molecule has 1 aliphatic rings. The van der Waals surface area contributed by atoms with Gasteiger partial charge in [-0.3, -0.25) is 0 Å². The summed E-state index contributed by atoms with van der Waals surface area (Å²) < 4.78 is 0. The van der Waals surface area contributed by atoms with Gasteiger partial charge >= 0.3 is 0 Å². The molecule has 1 saturated carbocycles. The van der Waals surface area contributed by atoms with Crippen molar-refractivity contribution in [2.24, 2.45) is 5.92 Å². The van der Waals surface area contributed by atoms with E-state index in [0.29, 0.717) is 12.6 Å². The van der Waals surface area contributed by atoms with Gasteiger partial charge in [0.05, 0.1) is 5.60 Å². The van der Waals surface area contributed by atoms with Gasteiger partial charge in [0.25, 0.3) is 0 Å². The Bertz CT molecular complexity index is 355. The van der Waals surface area contributed by atoms with Crippen LogP contribution < -0.4 is 5.32 Å². The Morgan fingerprint density at radius 1 is 1.28 bits per heavy atom. The molecule has 0 aliphatic heterocycles. The molecule has 0 spiro atoms. The van der Waals surface area contributed by atoms with Crippen molar-refractivity contribution >= 4 is 0 Å². The summed E-state index contributed by atoms with van der Waals surface area (Å²) in [6, 6.07) is 10.7. The molecule has 2 N–H and O–H groups in total. The van der Waals surface area contributed by atoms with Gasteiger partial charge in [0.15, 0.2) is 0 Å². The van der Waals surface area contributed by atoms with Crippen LogP contribution in [0.15, 0.2) is 30.3 Å². The first-order valence-electron chi connectivity index (χ1n) is 7.10. The summed E-state index contributed by atoms with van der Waals surface area (Å²) in [4.78, 5) is 0. The molecule has 2 rings (SSSR count). The molecule has 1 aliphatic carbocycles. The third-order valence-corrected chi connectivity index (χ3v) is 4.24. The summed E-state index contributed by atoms with van der Waals surface area (Å²) in [6.45, 7) is 5.14. The van der Waals surface area contributed by atoms with Crippen LogP contribution in [0.1, 0.15) is 51.1 Å². The number of benzene rings is 1. The minimum atomic E-state index is -0.491. The lowest BCUT2D eigenvalue weighted by Gasteiger charge is -2.36. The van der Waals surface area contributed by atoms with Crippen molar-refractivity contribution in [2.75, 3.05) is 6.54 Å². The number of hydrogen-bond acceptors (Lipinski definition) is 2. The lowest BCUT2D eigenvalue weighted by molar-refractivity contribution is -0.00783. The van der Waals surface area contributed by atoms with Crippen LogP contribution in [-0.2, 0) is 0 Å². The van der Waals surface area contributed by atoms with Gasteiger partial charge in [0.1, 0.15) is 0 Å². The maximum atomic E-state index is 10.5. The van der Waals surface area contributed by atoms with Crippen LogP contribution in [-0.4, -0.2) is 17.3 Å². The van der Waals surface area contributed by atoms with E-state index in [9.17, 15) is 5.11 Å². The molecule has 18 heavy (non-hydrogen) atoms. The van der Waals surface area contributed by atoms with Gasteiger partial charge in [-0.25, -0.2) is 0 Å². The van der Waals surface area contributed by atoms with Crippen molar-refractivity contribution in [1.29, 1.82) is 0 Å². The second-order valence-electron chi connectivity index (χ2n) is 5.92. The lowest BCUT2D eigenvalue weighted by atomic mass is 9.79. The Kier molecular flexibility index (Phi) is 4.41. The normalized spacial score (nSPS) is 30.1.